The van der Waals surface area contributed by atoms with Crippen molar-refractivity contribution in [2.75, 3.05) is 23.4 Å². The lowest BCUT2D eigenvalue weighted by atomic mass is 10.0. The first-order valence-corrected chi connectivity index (χ1v) is 12.6. The molecule has 0 aliphatic carbocycles. The van der Waals surface area contributed by atoms with Gasteiger partial charge in [0.15, 0.2) is 0 Å². The Bertz CT molecular complexity index is 194. The van der Waals surface area contributed by atoms with Gasteiger partial charge in [0.05, 0.1) is 11.9 Å². The van der Waals surface area contributed by atoms with Crippen molar-refractivity contribution >= 4 is 23.5 Å². The molecule has 0 fully saturated rings. The van der Waals surface area contributed by atoms with Gasteiger partial charge < -0.3 is 10.2 Å². The predicted molar refractivity (Wildman–Crippen MR) is 113 cm³/mol. The standard InChI is InChI=1S/C20H42O2S2/c21-19-23-17-15-13-11-9-7-5-3-1-2-4-6-8-10-12-14-16-18-24-20-22/h21-22H,1-20H2. The van der Waals surface area contributed by atoms with E-state index in [2.05, 4.69) is 0 Å². The van der Waals surface area contributed by atoms with E-state index >= 15 is 0 Å². The highest BCUT2D eigenvalue weighted by atomic mass is 32.2. The van der Waals surface area contributed by atoms with Crippen LogP contribution in [-0.4, -0.2) is 33.6 Å². The van der Waals surface area contributed by atoms with Crippen molar-refractivity contribution in [1.29, 1.82) is 0 Å². The van der Waals surface area contributed by atoms with Crippen LogP contribution in [0.15, 0.2) is 0 Å². The average Bonchev–Trinajstić information content (AvgIpc) is 2.60. The quantitative estimate of drug-likeness (QED) is 0.174. The van der Waals surface area contributed by atoms with E-state index in [4.69, 9.17) is 10.2 Å². The van der Waals surface area contributed by atoms with E-state index in [0.29, 0.717) is 0 Å². The van der Waals surface area contributed by atoms with Crippen molar-refractivity contribution in [3.63, 3.8) is 0 Å². The van der Waals surface area contributed by atoms with Gasteiger partial charge in [-0.05, 0) is 24.3 Å². The van der Waals surface area contributed by atoms with Crippen molar-refractivity contribution in [3.8, 4) is 0 Å². The molecule has 0 aliphatic heterocycles. The zero-order valence-electron chi connectivity index (χ0n) is 15.9. The van der Waals surface area contributed by atoms with Crippen LogP contribution < -0.4 is 0 Å². The molecule has 0 aromatic heterocycles. The summed E-state index contributed by atoms with van der Waals surface area (Å²) in [6, 6.07) is 0. The Labute approximate surface area is 160 Å². The Balaban J connectivity index is 2.93. The van der Waals surface area contributed by atoms with E-state index in [-0.39, 0.29) is 11.9 Å². The van der Waals surface area contributed by atoms with Gasteiger partial charge in [-0.25, -0.2) is 0 Å². The molecule has 0 radical (unpaired) electrons. The Kier molecular flexibility index (Phi) is 24.2. The van der Waals surface area contributed by atoms with Crippen molar-refractivity contribution in [2.45, 2.75) is 103 Å². The van der Waals surface area contributed by atoms with Crippen molar-refractivity contribution < 1.29 is 10.2 Å². The summed E-state index contributed by atoms with van der Waals surface area (Å²) in [5.74, 6) is 2.81. The molecule has 146 valence electrons. The van der Waals surface area contributed by atoms with Gasteiger partial charge in [-0.2, -0.15) is 0 Å². The highest BCUT2D eigenvalue weighted by Crippen LogP contribution is 2.14. The molecule has 0 atom stereocenters. The van der Waals surface area contributed by atoms with Crippen LogP contribution in [0.1, 0.15) is 103 Å². The highest BCUT2D eigenvalue weighted by Gasteiger charge is 1.95. The van der Waals surface area contributed by atoms with Crippen LogP contribution in [0.5, 0.6) is 0 Å². The third kappa shape index (κ3) is 22.6. The molecule has 0 bridgehead atoms. The normalized spacial score (nSPS) is 11.2. The molecular formula is C20H42O2S2. The zero-order valence-corrected chi connectivity index (χ0v) is 17.5. The molecular weight excluding hydrogens is 336 g/mol. The molecule has 0 saturated carbocycles. The zero-order chi connectivity index (χ0) is 17.6. The van der Waals surface area contributed by atoms with Crippen molar-refractivity contribution in [3.05, 3.63) is 0 Å². The molecule has 0 rings (SSSR count). The van der Waals surface area contributed by atoms with Crippen LogP contribution in [0.2, 0.25) is 0 Å². The van der Waals surface area contributed by atoms with E-state index in [1.165, 1.54) is 103 Å². The van der Waals surface area contributed by atoms with Crippen molar-refractivity contribution in [1.82, 2.24) is 0 Å². The Hall–Kier alpha value is 0.620. The average molecular weight is 379 g/mol. The Morgan fingerprint density at radius 3 is 0.750 bits per heavy atom. The monoisotopic (exact) mass is 378 g/mol. The number of thioether (sulfide) groups is 2. The fourth-order valence-corrected chi connectivity index (χ4v) is 4.09. The molecule has 24 heavy (non-hydrogen) atoms. The van der Waals surface area contributed by atoms with E-state index in [1.54, 1.807) is 23.5 Å². The second kappa shape index (κ2) is 23.6. The molecule has 0 aromatic carbocycles. The van der Waals surface area contributed by atoms with Crippen LogP contribution in [0.3, 0.4) is 0 Å². The fourth-order valence-electron chi connectivity index (χ4n) is 3.01. The number of aliphatic hydroxyl groups is 2. The van der Waals surface area contributed by atoms with Crippen LogP contribution in [0.4, 0.5) is 0 Å². The maximum Gasteiger partial charge on any atom is 0.0885 e. The van der Waals surface area contributed by atoms with E-state index in [9.17, 15) is 0 Å². The van der Waals surface area contributed by atoms with Gasteiger partial charge in [-0.1, -0.05) is 89.9 Å². The van der Waals surface area contributed by atoms with Gasteiger partial charge in [-0.3, -0.25) is 0 Å². The first-order valence-electron chi connectivity index (χ1n) is 10.3. The maximum atomic E-state index is 8.67. The summed E-state index contributed by atoms with van der Waals surface area (Å²) >= 11 is 3.29. The van der Waals surface area contributed by atoms with Crippen LogP contribution in [0, 0.1) is 0 Å². The number of unbranched alkanes of at least 4 members (excludes halogenated alkanes) is 15. The smallest absolute Gasteiger partial charge is 0.0885 e. The lowest BCUT2D eigenvalue weighted by Crippen LogP contribution is -1.86. The Morgan fingerprint density at radius 1 is 0.333 bits per heavy atom. The lowest BCUT2D eigenvalue weighted by Gasteiger charge is -2.04. The van der Waals surface area contributed by atoms with Gasteiger partial charge in [0.25, 0.3) is 0 Å². The van der Waals surface area contributed by atoms with Gasteiger partial charge in [0.2, 0.25) is 0 Å². The molecule has 2 N–H and O–H groups in total. The number of aliphatic hydroxyl groups excluding tert-OH is 2. The molecule has 0 aliphatic rings. The fraction of sp³-hybridized carbons (Fsp3) is 1.00. The summed E-state index contributed by atoms with van der Waals surface area (Å²) in [6.07, 6.45) is 22.2. The maximum absolute atomic E-state index is 8.67. The van der Waals surface area contributed by atoms with Crippen LogP contribution >= 0.6 is 23.5 Å². The van der Waals surface area contributed by atoms with Crippen LogP contribution in [-0.2, 0) is 0 Å². The largest absolute Gasteiger partial charge is 0.386 e. The molecule has 0 amide bonds. The Morgan fingerprint density at radius 2 is 0.542 bits per heavy atom. The number of rotatable bonds is 21. The third-order valence-corrected chi connectivity index (χ3v) is 6.03. The molecule has 4 heteroatoms. The van der Waals surface area contributed by atoms with E-state index < -0.39 is 0 Å². The summed E-state index contributed by atoms with van der Waals surface area (Å²) in [7, 11) is 0. The lowest BCUT2D eigenvalue weighted by molar-refractivity contribution is 0.375. The summed E-state index contributed by atoms with van der Waals surface area (Å²) in [5.41, 5.74) is 0. The topological polar surface area (TPSA) is 40.5 Å². The summed E-state index contributed by atoms with van der Waals surface area (Å²) in [6.45, 7) is 0. The number of hydrogen-bond acceptors (Lipinski definition) is 4. The molecule has 2 nitrogen and oxygen atoms in total. The molecule has 0 spiro atoms. The molecule has 0 unspecified atom stereocenters. The van der Waals surface area contributed by atoms with Crippen molar-refractivity contribution in [2.24, 2.45) is 0 Å². The minimum absolute atomic E-state index is 0.282. The molecule has 0 heterocycles. The summed E-state index contributed by atoms with van der Waals surface area (Å²) in [5, 5.41) is 17.3. The minimum atomic E-state index is 0.282. The highest BCUT2D eigenvalue weighted by molar-refractivity contribution is 7.99. The number of hydrogen-bond donors (Lipinski definition) is 2. The first kappa shape index (κ1) is 24.6. The second-order valence-corrected chi connectivity index (χ2v) is 8.88. The third-order valence-electron chi connectivity index (χ3n) is 4.51. The predicted octanol–water partition coefficient (Wildman–Crippen LogP) is 6.59. The SMILES string of the molecule is OCSCCCCCCCCCCCCCCCCCCSCO. The van der Waals surface area contributed by atoms with E-state index in [0.717, 1.165) is 11.5 Å². The van der Waals surface area contributed by atoms with Gasteiger partial charge >= 0.3 is 0 Å². The van der Waals surface area contributed by atoms with Gasteiger partial charge in [0.1, 0.15) is 0 Å². The molecule has 0 aromatic rings. The second-order valence-electron chi connectivity index (χ2n) is 6.73. The van der Waals surface area contributed by atoms with E-state index in [1.807, 2.05) is 0 Å². The van der Waals surface area contributed by atoms with Gasteiger partial charge in [-0.15, -0.1) is 23.5 Å². The van der Waals surface area contributed by atoms with Gasteiger partial charge in [0, 0.05) is 0 Å². The minimum Gasteiger partial charge on any atom is -0.386 e. The first-order chi connectivity index (χ1) is 11.9. The van der Waals surface area contributed by atoms with Crippen LogP contribution in [0.25, 0.3) is 0 Å². The summed E-state index contributed by atoms with van der Waals surface area (Å²) < 4.78 is 0. The molecule has 0 saturated heterocycles. The summed E-state index contributed by atoms with van der Waals surface area (Å²) in [4.78, 5) is 0.